The second-order valence-corrected chi connectivity index (χ2v) is 14.0. The summed E-state index contributed by atoms with van der Waals surface area (Å²) in [5.74, 6) is -0.0765. The molecule has 0 heterocycles. The van der Waals surface area contributed by atoms with Crippen LogP contribution in [0.3, 0.4) is 0 Å². The minimum absolute atomic E-state index is 0.00647. The Morgan fingerprint density at radius 3 is 2.34 bits per heavy atom. The molecule has 0 aliphatic heterocycles. The fourth-order valence-electron chi connectivity index (χ4n) is 8.65. The quantitative estimate of drug-likeness (QED) is 0.328. The van der Waals surface area contributed by atoms with Gasteiger partial charge < -0.3 is 5.11 Å². The SMILES string of the molecule is CC(C)(C)CCCCC1CCC2C3CC=C4CC(O)(C(C)(F)F)CCC4(C)C3CCC12C. The van der Waals surface area contributed by atoms with E-state index < -0.39 is 11.5 Å². The number of aliphatic hydroxyl groups is 1. The van der Waals surface area contributed by atoms with Crippen LogP contribution in [0.1, 0.15) is 119 Å². The van der Waals surface area contributed by atoms with E-state index in [-0.39, 0.29) is 18.3 Å². The van der Waals surface area contributed by atoms with Crippen LogP contribution in [0, 0.1) is 39.9 Å². The first-order valence-corrected chi connectivity index (χ1v) is 13.5. The van der Waals surface area contributed by atoms with Crippen LogP contribution in [-0.4, -0.2) is 16.6 Å². The van der Waals surface area contributed by atoms with Gasteiger partial charge in [0.1, 0.15) is 5.60 Å². The minimum Gasteiger partial charge on any atom is -0.383 e. The van der Waals surface area contributed by atoms with Crippen molar-refractivity contribution >= 4 is 0 Å². The first kappa shape index (κ1) is 24.7. The number of hydrogen-bond acceptors (Lipinski definition) is 1. The minimum atomic E-state index is -3.04. The Balaban J connectivity index is 1.46. The molecular weight excluding hydrogens is 402 g/mol. The second kappa shape index (κ2) is 8.06. The third kappa shape index (κ3) is 4.11. The molecule has 32 heavy (non-hydrogen) atoms. The van der Waals surface area contributed by atoms with Gasteiger partial charge in [0.05, 0.1) is 0 Å². The summed E-state index contributed by atoms with van der Waals surface area (Å²) >= 11 is 0. The topological polar surface area (TPSA) is 20.2 Å². The maximum atomic E-state index is 14.2. The monoisotopic (exact) mass is 450 g/mol. The molecule has 7 atom stereocenters. The average Bonchev–Trinajstić information content (AvgIpc) is 3.01. The fraction of sp³-hybridized carbons (Fsp3) is 0.931. The Morgan fingerprint density at radius 1 is 0.969 bits per heavy atom. The van der Waals surface area contributed by atoms with Crippen molar-refractivity contribution in [3.63, 3.8) is 0 Å². The lowest BCUT2D eigenvalue weighted by Gasteiger charge is -2.59. The van der Waals surface area contributed by atoms with E-state index in [0.717, 1.165) is 30.8 Å². The molecule has 0 spiro atoms. The summed E-state index contributed by atoms with van der Waals surface area (Å²) < 4.78 is 28.4. The van der Waals surface area contributed by atoms with Gasteiger partial charge in [-0.2, -0.15) is 0 Å². The first-order chi connectivity index (χ1) is 14.7. The molecular formula is C29H48F2O. The summed E-state index contributed by atoms with van der Waals surface area (Å²) in [6.45, 7) is 12.9. The summed E-state index contributed by atoms with van der Waals surface area (Å²) in [6, 6.07) is 0. The van der Waals surface area contributed by atoms with Gasteiger partial charge in [-0.3, -0.25) is 0 Å². The molecule has 0 aromatic carbocycles. The second-order valence-electron chi connectivity index (χ2n) is 14.0. The lowest BCUT2D eigenvalue weighted by molar-refractivity contribution is -0.190. The Bertz CT molecular complexity index is 730. The standard InChI is InChI=1S/C29H48F2O/c1-25(2,3)15-8-7-9-20-11-13-23-22-12-10-21-19-29(32,28(6,30)31)18-17-27(21,5)24(22)14-16-26(20,23)4/h10,20,22-24,32H,7-9,11-19H2,1-6H3. The third-order valence-electron chi connectivity index (χ3n) is 10.9. The van der Waals surface area contributed by atoms with Gasteiger partial charge in [0.2, 0.25) is 0 Å². The lowest BCUT2D eigenvalue weighted by atomic mass is 9.46. The number of allylic oxidation sites excluding steroid dienone is 1. The molecule has 0 radical (unpaired) electrons. The maximum Gasteiger partial charge on any atom is 0.273 e. The van der Waals surface area contributed by atoms with Gasteiger partial charge in [-0.05, 0) is 97.7 Å². The van der Waals surface area contributed by atoms with Gasteiger partial charge in [-0.1, -0.05) is 59.1 Å². The zero-order valence-electron chi connectivity index (χ0n) is 21.6. The molecule has 0 bridgehead atoms. The highest BCUT2D eigenvalue weighted by Crippen LogP contribution is 2.67. The highest BCUT2D eigenvalue weighted by molar-refractivity contribution is 5.28. The van der Waals surface area contributed by atoms with Gasteiger partial charge in [0, 0.05) is 13.3 Å². The predicted molar refractivity (Wildman–Crippen MR) is 129 cm³/mol. The largest absolute Gasteiger partial charge is 0.383 e. The van der Waals surface area contributed by atoms with E-state index in [0.29, 0.717) is 29.1 Å². The smallest absolute Gasteiger partial charge is 0.273 e. The van der Waals surface area contributed by atoms with E-state index in [1.165, 1.54) is 51.4 Å². The van der Waals surface area contributed by atoms with Crippen LogP contribution in [-0.2, 0) is 0 Å². The number of unbranched alkanes of at least 4 members (excludes halogenated alkanes) is 1. The van der Waals surface area contributed by atoms with Crippen LogP contribution in [0.5, 0.6) is 0 Å². The van der Waals surface area contributed by atoms with Crippen LogP contribution in [0.4, 0.5) is 8.78 Å². The van der Waals surface area contributed by atoms with E-state index in [2.05, 4.69) is 40.7 Å². The van der Waals surface area contributed by atoms with Gasteiger partial charge in [-0.15, -0.1) is 0 Å². The van der Waals surface area contributed by atoms with Gasteiger partial charge in [-0.25, -0.2) is 8.78 Å². The van der Waals surface area contributed by atoms with E-state index in [9.17, 15) is 13.9 Å². The van der Waals surface area contributed by atoms with Crippen LogP contribution in [0.2, 0.25) is 0 Å². The van der Waals surface area contributed by atoms with Gasteiger partial charge in [0.15, 0.2) is 0 Å². The van der Waals surface area contributed by atoms with Crippen molar-refractivity contribution in [2.45, 2.75) is 130 Å². The first-order valence-electron chi connectivity index (χ1n) is 13.5. The molecule has 184 valence electrons. The van der Waals surface area contributed by atoms with Gasteiger partial charge >= 0.3 is 0 Å². The fourth-order valence-corrected chi connectivity index (χ4v) is 8.65. The molecule has 4 rings (SSSR count). The molecule has 1 N–H and O–H groups in total. The highest BCUT2D eigenvalue weighted by atomic mass is 19.3. The van der Waals surface area contributed by atoms with E-state index >= 15 is 0 Å². The molecule has 7 unspecified atom stereocenters. The Morgan fingerprint density at radius 2 is 1.69 bits per heavy atom. The van der Waals surface area contributed by atoms with Crippen molar-refractivity contribution in [2.75, 3.05) is 0 Å². The summed E-state index contributed by atoms with van der Waals surface area (Å²) in [4.78, 5) is 0. The number of halogens is 2. The zero-order valence-corrected chi connectivity index (χ0v) is 21.6. The number of hydrogen-bond donors (Lipinski definition) is 1. The summed E-state index contributed by atoms with van der Waals surface area (Å²) in [6.07, 6.45) is 15.1. The number of fused-ring (bicyclic) bond motifs is 5. The zero-order chi connectivity index (χ0) is 23.6. The normalized spacial score (nSPS) is 44.5. The van der Waals surface area contributed by atoms with Crippen molar-refractivity contribution < 1.29 is 13.9 Å². The average molecular weight is 451 g/mol. The van der Waals surface area contributed by atoms with Crippen LogP contribution < -0.4 is 0 Å². The molecule has 3 saturated carbocycles. The van der Waals surface area contributed by atoms with Crippen molar-refractivity contribution in [1.29, 1.82) is 0 Å². The van der Waals surface area contributed by atoms with Crippen molar-refractivity contribution in [3.05, 3.63) is 11.6 Å². The number of rotatable bonds is 5. The molecule has 1 nitrogen and oxygen atoms in total. The molecule has 3 heteroatoms. The summed E-state index contributed by atoms with van der Waals surface area (Å²) in [7, 11) is 0. The Labute approximate surface area is 195 Å². The molecule has 4 aliphatic rings. The van der Waals surface area contributed by atoms with Crippen LogP contribution in [0.25, 0.3) is 0 Å². The molecule has 0 amide bonds. The Kier molecular flexibility index (Phi) is 6.22. The van der Waals surface area contributed by atoms with Crippen LogP contribution in [0.15, 0.2) is 11.6 Å². The van der Waals surface area contributed by atoms with Gasteiger partial charge in [0.25, 0.3) is 5.92 Å². The molecule has 0 aromatic rings. The van der Waals surface area contributed by atoms with E-state index in [4.69, 9.17) is 0 Å². The molecule has 3 fully saturated rings. The molecule has 4 aliphatic carbocycles. The maximum absolute atomic E-state index is 14.2. The van der Waals surface area contributed by atoms with Crippen LogP contribution >= 0.6 is 0 Å². The van der Waals surface area contributed by atoms with E-state index in [1.807, 2.05) is 0 Å². The predicted octanol–water partition coefficient (Wildman–Crippen LogP) is 8.56. The third-order valence-corrected chi connectivity index (χ3v) is 10.9. The van der Waals surface area contributed by atoms with Crippen molar-refractivity contribution in [1.82, 2.24) is 0 Å². The number of alkyl halides is 2. The Hall–Kier alpha value is -0.440. The lowest BCUT2D eigenvalue weighted by Crippen LogP contribution is -2.56. The molecule has 0 aromatic heterocycles. The highest BCUT2D eigenvalue weighted by Gasteiger charge is 2.61. The molecule has 0 saturated heterocycles. The summed E-state index contributed by atoms with van der Waals surface area (Å²) in [5.41, 5.74) is 0.188. The van der Waals surface area contributed by atoms with Crippen molar-refractivity contribution in [3.8, 4) is 0 Å². The van der Waals surface area contributed by atoms with E-state index in [1.54, 1.807) is 0 Å². The summed E-state index contributed by atoms with van der Waals surface area (Å²) in [5, 5.41) is 10.7. The van der Waals surface area contributed by atoms with Crippen molar-refractivity contribution in [2.24, 2.45) is 39.9 Å².